The molecule has 2 aromatic rings. The molecule has 1 aromatic heterocycles. The highest BCUT2D eigenvalue weighted by Gasteiger charge is 2.49. The minimum atomic E-state index is -4.66. The molecule has 0 saturated carbocycles. The molecule has 0 spiro atoms. The second-order valence-electron chi connectivity index (χ2n) is 14.2. The summed E-state index contributed by atoms with van der Waals surface area (Å²) in [6, 6.07) is 3.48. The van der Waals surface area contributed by atoms with Crippen LogP contribution in [-0.4, -0.2) is 81.9 Å². The Kier molecular flexibility index (Phi) is 11.4. The zero-order valence-corrected chi connectivity index (χ0v) is 29.2. The van der Waals surface area contributed by atoms with Gasteiger partial charge in [0.15, 0.2) is 5.60 Å². The molecule has 0 aliphatic carbocycles. The van der Waals surface area contributed by atoms with Crippen molar-refractivity contribution in [3.05, 3.63) is 29.6 Å². The maximum absolute atomic E-state index is 14.2. The van der Waals surface area contributed by atoms with E-state index in [2.05, 4.69) is 29.7 Å². The molecule has 3 atom stereocenters. The second-order valence-corrected chi connectivity index (χ2v) is 21.8. The van der Waals surface area contributed by atoms with Crippen molar-refractivity contribution in [2.75, 3.05) is 26.3 Å². The number of nitrogens with zero attached hydrogens (tertiary/aromatic N) is 3. The van der Waals surface area contributed by atoms with Crippen LogP contribution in [0.1, 0.15) is 65.0 Å². The summed E-state index contributed by atoms with van der Waals surface area (Å²) >= 11 is -1.71. The number of amides is 2. The first-order valence-electron chi connectivity index (χ1n) is 14.8. The van der Waals surface area contributed by atoms with Crippen LogP contribution in [0.4, 0.5) is 26.7 Å². The highest BCUT2D eigenvalue weighted by atomic mass is 32.2. The number of fused-ring (bicyclic) bond motifs is 1. The third-order valence-corrected chi connectivity index (χ3v) is 10.9. The lowest BCUT2D eigenvalue weighted by molar-refractivity contribution is -0.265. The molecule has 1 unspecified atom stereocenters. The van der Waals surface area contributed by atoms with Gasteiger partial charge in [-0.1, -0.05) is 25.7 Å². The topological polar surface area (TPSA) is 104 Å². The molecular formula is C29H46F5N5O4SSi. The van der Waals surface area contributed by atoms with Crippen molar-refractivity contribution >= 4 is 36.5 Å². The summed E-state index contributed by atoms with van der Waals surface area (Å²) < 4.78 is 98.0. The van der Waals surface area contributed by atoms with Gasteiger partial charge in [-0.2, -0.15) is 13.2 Å². The molecule has 1 aromatic carbocycles. The molecule has 1 aliphatic rings. The summed E-state index contributed by atoms with van der Waals surface area (Å²) in [5.74, 6) is -2.86. The Morgan fingerprint density at radius 2 is 1.82 bits per heavy atom. The molecule has 0 radical (unpaired) electrons. The average Bonchev–Trinajstić information content (AvgIpc) is 3.25. The van der Waals surface area contributed by atoms with Crippen LogP contribution in [0.2, 0.25) is 25.7 Å². The lowest BCUT2D eigenvalue weighted by Gasteiger charge is -2.37. The summed E-state index contributed by atoms with van der Waals surface area (Å²) in [6.07, 6.45) is -4.66. The lowest BCUT2D eigenvalue weighted by Crippen LogP contribution is -2.57. The Morgan fingerprint density at radius 1 is 1.18 bits per heavy atom. The molecule has 3 rings (SSSR count). The lowest BCUT2D eigenvalue weighted by atomic mass is 10.0. The van der Waals surface area contributed by atoms with Gasteiger partial charge in [0.25, 0.3) is 5.92 Å². The third kappa shape index (κ3) is 9.76. The zero-order valence-electron chi connectivity index (χ0n) is 27.4. The smallest absolute Gasteiger partial charge is 0.416 e. The number of hydrogen-bond acceptors (Lipinski definition) is 6. The molecule has 2 N–H and O–H groups in total. The fourth-order valence-corrected chi connectivity index (χ4v) is 5.91. The number of imidazole rings is 1. The zero-order chi connectivity index (χ0) is 34.2. The standard InChI is InChI=1S/C29H46F5N5O4SSi/c1-19(38-17-28(30,31)16-35-25(38)40)20-10-11-21-23(14-20)39(18-42-12-13-45(7,8)9)24(36-21)22(37-44(41)26(2,3)4)15-43-27(5,6)29(32,33)34/h10-11,14,19,22,37H,12-13,15-18H2,1-9H3,(H,35,40)/t19-,22+,44?/m1/s1. The number of hydrogen-bond donors (Lipinski definition) is 2. The van der Waals surface area contributed by atoms with Gasteiger partial charge in [0.2, 0.25) is 0 Å². The van der Waals surface area contributed by atoms with Crippen molar-refractivity contribution in [2.45, 2.75) is 108 Å². The minimum Gasteiger partial charge on any atom is -0.598 e. The molecule has 2 heterocycles. The normalized spacial score (nSPS) is 18.6. The van der Waals surface area contributed by atoms with E-state index in [0.29, 0.717) is 23.2 Å². The van der Waals surface area contributed by atoms with Crippen LogP contribution in [0.5, 0.6) is 0 Å². The number of nitrogens with one attached hydrogen (secondary N) is 2. The Balaban J connectivity index is 2.09. The van der Waals surface area contributed by atoms with Crippen molar-refractivity contribution < 1.29 is 40.8 Å². The fraction of sp³-hybridized carbons (Fsp3) is 0.724. The van der Waals surface area contributed by atoms with Crippen LogP contribution in [0.25, 0.3) is 11.0 Å². The van der Waals surface area contributed by atoms with Crippen molar-refractivity contribution in [1.29, 1.82) is 0 Å². The van der Waals surface area contributed by atoms with E-state index in [4.69, 9.17) is 14.5 Å². The van der Waals surface area contributed by atoms with Crippen LogP contribution < -0.4 is 10.0 Å². The van der Waals surface area contributed by atoms with Crippen LogP contribution in [0, 0.1) is 0 Å². The van der Waals surface area contributed by atoms with E-state index >= 15 is 0 Å². The van der Waals surface area contributed by atoms with Gasteiger partial charge in [0.1, 0.15) is 23.3 Å². The van der Waals surface area contributed by atoms with E-state index in [-0.39, 0.29) is 12.6 Å². The van der Waals surface area contributed by atoms with E-state index in [1.54, 1.807) is 50.5 Å². The van der Waals surface area contributed by atoms with Crippen molar-refractivity contribution in [2.24, 2.45) is 0 Å². The first-order chi connectivity index (χ1) is 20.4. The summed E-state index contributed by atoms with van der Waals surface area (Å²) in [6.45, 7) is 13.6. The Labute approximate surface area is 265 Å². The van der Waals surface area contributed by atoms with Crippen LogP contribution >= 0.6 is 0 Å². The molecule has 16 heteroatoms. The first kappa shape index (κ1) is 37.5. The number of ether oxygens (including phenoxy) is 2. The van der Waals surface area contributed by atoms with E-state index < -0.39 is 79.7 Å². The molecule has 1 aliphatic heterocycles. The Morgan fingerprint density at radius 3 is 2.40 bits per heavy atom. The van der Waals surface area contributed by atoms with Gasteiger partial charge in [-0.15, -0.1) is 4.72 Å². The van der Waals surface area contributed by atoms with Crippen molar-refractivity contribution in [3.63, 3.8) is 0 Å². The van der Waals surface area contributed by atoms with Gasteiger partial charge < -0.3 is 28.8 Å². The quantitative estimate of drug-likeness (QED) is 0.108. The van der Waals surface area contributed by atoms with Crippen molar-refractivity contribution in [1.82, 2.24) is 24.5 Å². The first-order valence-corrected chi connectivity index (χ1v) is 19.7. The molecule has 1 fully saturated rings. The molecule has 45 heavy (non-hydrogen) atoms. The predicted molar refractivity (Wildman–Crippen MR) is 167 cm³/mol. The minimum absolute atomic E-state index is 0.0284. The van der Waals surface area contributed by atoms with Gasteiger partial charge in [-0.3, -0.25) is 0 Å². The van der Waals surface area contributed by atoms with Gasteiger partial charge in [0.05, 0.1) is 36.8 Å². The van der Waals surface area contributed by atoms with E-state index in [9.17, 15) is 31.3 Å². The number of aromatic nitrogens is 2. The average molecular weight is 684 g/mol. The third-order valence-electron chi connectivity index (χ3n) is 7.54. The summed E-state index contributed by atoms with van der Waals surface area (Å²) in [5, 5.41) is 2.23. The van der Waals surface area contributed by atoms with E-state index in [1.807, 2.05) is 0 Å². The molecule has 9 nitrogen and oxygen atoms in total. The van der Waals surface area contributed by atoms with Crippen molar-refractivity contribution in [3.8, 4) is 0 Å². The summed E-state index contributed by atoms with van der Waals surface area (Å²) in [4.78, 5) is 18.3. The SMILES string of the molecule is C[C@H](c1ccc2nc([C@H](COC(C)(C)C(F)(F)F)N[S+]([O-])C(C)(C)C)n(COCC[Si](C)(C)C)c2c1)N1CC(F)(F)CNC1=O. The van der Waals surface area contributed by atoms with Gasteiger partial charge in [0, 0.05) is 26.0 Å². The molecule has 0 bridgehead atoms. The summed E-state index contributed by atoms with van der Waals surface area (Å²) in [5.41, 5.74) is -0.996. The number of rotatable bonds is 13. The monoisotopic (exact) mass is 683 g/mol. The highest BCUT2D eigenvalue weighted by molar-refractivity contribution is 7.90. The van der Waals surface area contributed by atoms with E-state index in [0.717, 1.165) is 24.8 Å². The number of carbonyl (C=O) groups is 1. The maximum atomic E-state index is 14.2. The number of carbonyl (C=O) groups excluding carboxylic acids is 1. The molecule has 1 saturated heterocycles. The van der Waals surface area contributed by atoms with Crippen LogP contribution in [0.15, 0.2) is 18.2 Å². The highest BCUT2D eigenvalue weighted by Crippen LogP contribution is 2.35. The van der Waals surface area contributed by atoms with E-state index in [1.165, 1.54) is 0 Å². The molecule has 256 valence electrons. The largest absolute Gasteiger partial charge is 0.598 e. The number of alkyl halides is 5. The summed E-state index contributed by atoms with van der Waals surface area (Å²) in [7, 11) is -1.46. The van der Waals surface area contributed by atoms with Gasteiger partial charge in [-0.25, -0.2) is 18.6 Å². The molecule has 2 amide bonds. The Hall–Kier alpha value is -1.98. The van der Waals surface area contributed by atoms with Gasteiger partial charge >= 0.3 is 12.2 Å². The Bertz CT molecular complexity index is 1330. The predicted octanol–water partition coefficient (Wildman–Crippen LogP) is 6.52. The van der Waals surface area contributed by atoms with Crippen LogP contribution in [-0.2, 0) is 27.6 Å². The number of benzene rings is 1. The second kappa shape index (κ2) is 13.6. The fourth-order valence-electron chi connectivity index (χ4n) is 4.37. The maximum Gasteiger partial charge on any atom is 0.416 e. The molecular weight excluding hydrogens is 637 g/mol. The van der Waals surface area contributed by atoms with Crippen LogP contribution in [0.3, 0.4) is 0 Å². The number of urea groups is 1. The van der Waals surface area contributed by atoms with Gasteiger partial charge in [-0.05, 0) is 65.3 Å². The number of halogens is 5.